The Morgan fingerprint density at radius 3 is 2.67 bits per heavy atom. The average Bonchev–Trinajstić information content (AvgIpc) is 2.29. The van der Waals surface area contributed by atoms with E-state index in [1.807, 2.05) is 25.1 Å². The molecular formula is C12H19N3O2S. The minimum atomic E-state index is -3.11. The Balaban J connectivity index is 2.14. The van der Waals surface area contributed by atoms with E-state index in [4.69, 9.17) is 5.73 Å². The number of nitrogens with zero attached hydrogens (tertiary/aromatic N) is 2. The number of hydrogen-bond donors (Lipinski definition) is 1. The third-order valence-electron chi connectivity index (χ3n) is 3.41. The topological polar surface area (TPSA) is 76.3 Å². The number of pyridine rings is 1. The summed E-state index contributed by atoms with van der Waals surface area (Å²) in [6, 6.07) is 5.66. The van der Waals surface area contributed by atoms with Gasteiger partial charge in [0.1, 0.15) is 0 Å². The van der Waals surface area contributed by atoms with Gasteiger partial charge >= 0.3 is 0 Å². The van der Waals surface area contributed by atoms with E-state index < -0.39 is 10.0 Å². The molecule has 0 spiro atoms. The van der Waals surface area contributed by atoms with Crippen LogP contribution in [-0.4, -0.2) is 43.1 Å². The van der Waals surface area contributed by atoms with E-state index in [2.05, 4.69) is 4.98 Å². The molecule has 2 heterocycles. The van der Waals surface area contributed by atoms with Crippen molar-refractivity contribution in [2.24, 2.45) is 5.73 Å². The lowest BCUT2D eigenvalue weighted by Crippen LogP contribution is -2.64. The highest BCUT2D eigenvalue weighted by Gasteiger charge is 2.48. The summed E-state index contributed by atoms with van der Waals surface area (Å²) >= 11 is 0. The third-order valence-corrected chi connectivity index (χ3v) is 5.38. The van der Waals surface area contributed by atoms with Crippen molar-refractivity contribution in [2.45, 2.75) is 18.8 Å². The Hall–Kier alpha value is -0.980. The molecule has 1 saturated heterocycles. The SMILES string of the molecule is CCCS(=O)(=O)N1CC(CN)(c2ccccn2)C1. The molecule has 0 unspecified atom stereocenters. The fourth-order valence-electron chi connectivity index (χ4n) is 2.28. The first kappa shape index (κ1) is 13.5. The van der Waals surface area contributed by atoms with Crippen LogP contribution in [-0.2, 0) is 15.4 Å². The van der Waals surface area contributed by atoms with Crippen LogP contribution in [0.1, 0.15) is 19.0 Å². The smallest absolute Gasteiger partial charge is 0.214 e. The van der Waals surface area contributed by atoms with Crippen LogP contribution in [0.3, 0.4) is 0 Å². The normalized spacial score (nSPS) is 19.4. The molecule has 1 fully saturated rings. The van der Waals surface area contributed by atoms with E-state index in [0.717, 1.165) is 5.69 Å². The molecule has 1 aliphatic rings. The molecule has 2 N–H and O–H groups in total. The van der Waals surface area contributed by atoms with Crippen molar-refractivity contribution in [2.75, 3.05) is 25.4 Å². The predicted molar refractivity (Wildman–Crippen MR) is 70.6 cm³/mol. The van der Waals surface area contributed by atoms with Gasteiger partial charge in [-0.3, -0.25) is 4.98 Å². The van der Waals surface area contributed by atoms with E-state index in [0.29, 0.717) is 26.1 Å². The van der Waals surface area contributed by atoms with Crippen molar-refractivity contribution >= 4 is 10.0 Å². The number of rotatable bonds is 5. The van der Waals surface area contributed by atoms with E-state index in [1.54, 1.807) is 6.20 Å². The van der Waals surface area contributed by atoms with Crippen molar-refractivity contribution < 1.29 is 8.42 Å². The predicted octanol–water partition coefficient (Wildman–Crippen LogP) is 0.333. The van der Waals surface area contributed by atoms with Gasteiger partial charge in [-0.2, -0.15) is 4.31 Å². The van der Waals surface area contributed by atoms with Gasteiger partial charge in [0.2, 0.25) is 10.0 Å². The zero-order valence-corrected chi connectivity index (χ0v) is 11.4. The lowest BCUT2D eigenvalue weighted by Gasteiger charge is -2.48. The summed E-state index contributed by atoms with van der Waals surface area (Å²) in [7, 11) is -3.11. The van der Waals surface area contributed by atoms with Crippen LogP contribution in [0.5, 0.6) is 0 Å². The number of hydrogen-bond acceptors (Lipinski definition) is 4. The van der Waals surface area contributed by atoms with E-state index >= 15 is 0 Å². The van der Waals surface area contributed by atoms with Crippen LogP contribution >= 0.6 is 0 Å². The molecule has 0 bridgehead atoms. The highest BCUT2D eigenvalue weighted by molar-refractivity contribution is 7.89. The Morgan fingerprint density at radius 2 is 2.17 bits per heavy atom. The van der Waals surface area contributed by atoms with Gasteiger partial charge in [0.25, 0.3) is 0 Å². The van der Waals surface area contributed by atoms with E-state index in [-0.39, 0.29) is 11.2 Å². The van der Waals surface area contributed by atoms with Crippen LogP contribution in [0.25, 0.3) is 0 Å². The van der Waals surface area contributed by atoms with E-state index in [1.165, 1.54) is 4.31 Å². The first-order valence-corrected chi connectivity index (χ1v) is 7.74. The van der Waals surface area contributed by atoms with Crippen molar-refractivity contribution in [3.05, 3.63) is 30.1 Å². The van der Waals surface area contributed by atoms with Gasteiger partial charge in [0, 0.05) is 25.8 Å². The van der Waals surface area contributed by atoms with Crippen molar-refractivity contribution in [3.63, 3.8) is 0 Å². The maximum Gasteiger partial charge on any atom is 0.214 e. The molecule has 0 atom stereocenters. The molecule has 0 saturated carbocycles. The Kier molecular flexibility index (Phi) is 3.70. The molecule has 0 radical (unpaired) electrons. The molecule has 0 aromatic carbocycles. The van der Waals surface area contributed by atoms with Crippen molar-refractivity contribution in [1.29, 1.82) is 0 Å². The number of nitrogens with two attached hydrogens (primary N) is 1. The maximum atomic E-state index is 11.9. The molecule has 1 aromatic rings. The van der Waals surface area contributed by atoms with Gasteiger partial charge in [-0.05, 0) is 18.6 Å². The fraction of sp³-hybridized carbons (Fsp3) is 0.583. The fourth-order valence-corrected chi connectivity index (χ4v) is 3.95. The summed E-state index contributed by atoms with van der Waals surface area (Å²) < 4.78 is 25.3. The summed E-state index contributed by atoms with van der Waals surface area (Å²) in [6.45, 7) is 3.18. The molecule has 18 heavy (non-hydrogen) atoms. The lowest BCUT2D eigenvalue weighted by molar-refractivity contribution is 0.155. The van der Waals surface area contributed by atoms with Gasteiger partial charge in [0.15, 0.2) is 0 Å². The monoisotopic (exact) mass is 269 g/mol. The zero-order chi connectivity index (χ0) is 13.2. The minimum Gasteiger partial charge on any atom is -0.329 e. The molecular weight excluding hydrogens is 250 g/mol. The van der Waals surface area contributed by atoms with Crippen LogP contribution in [0.4, 0.5) is 0 Å². The van der Waals surface area contributed by atoms with Crippen LogP contribution < -0.4 is 5.73 Å². The molecule has 0 aliphatic carbocycles. The summed E-state index contributed by atoms with van der Waals surface area (Å²) in [5.74, 6) is 0.204. The van der Waals surface area contributed by atoms with Crippen LogP contribution in [0.15, 0.2) is 24.4 Å². The number of sulfonamides is 1. The highest BCUT2D eigenvalue weighted by Crippen LogP contribution is 2.34. The minimum absolute atomic E-state index is 0.204. The molecule has 100 valence electrons. The van der Waals surface area contributed by atoms with Gasteiger partial charge in [-0.1, -0.05) is 13.0 Å². The molecule has 5 nitrogen and oxygen atoms in total. The quantitative estimate of drug-likeness (QED) is 0.836. The zero-order valence-electron chi connectivity index (χ0n) is 10.5. The summed E-state index contributed by atoms with van der Waals surface area (Å²) in [4.78, 5) is 4.30. The summed E-state index contributed by atoms with van der Waals surface area (Å²) in [5.41, 5.74) is 6.40. The largest absolute Gasteiger partial charge is 0.329 e. The Morgan fingerprint density at radius 1 is 1.44 bits per heavy atom. The molecule has 6 heteroatoms. The summed E-state index contributed by atoms with van der Waals surface area (Å²) in [5, 5.41) is 0. The van der Waals surface area contributed by atoms with Gasteiger partial charge in [-0.25, -0.2) is 8.42 Å². The second kappa shape index (κ2) is 4.95. The Bertz CT molecular complexity index is 495. The van der Waals surface area contributed by atoms with Gasteiger partial charge in [0.05, 0.1) is 16.9 Å². The lowest BCUT2D eigenvalue weighted by atomic mass is 9.78. The number of aromatic nitrogens is 1. The standard InChI is InChI=1S/C12H19N3O2S/c1-2-7-18(16,17)15-9-12(8-13,10-15)11-5-3-4-6-14-11/h3-6H,2,7-10,13H2,1H3. The molecule has 1 aliphatic heterocycles. The highest BCUT2D eigenvalue weighted by atomic mass is 32.2. The molecule has 2 rings (SSSR count). The van der Waals surface area contributed by atoms with Crippen LogP contribution in [0, 0.1) is 0 Å². The van der Waals surface area contributed by atoms with E-state index in [9.17, 15) is 8.42 Å². The van der Waals surface area contributed by atoms with Crippen molar-refractivity contribution in [1.82, 2.24) is 9.29 Å². The third kappa shape index (κ3) is 2.28. The molecule has 0 amide bonds. The Labute approximate surface area is 108 Å². The van der Waals surface area contributed by atoms with Crippen LogP contribution in [0.2, 0.25) is 0 Å². The molecule has 1 aromatic heterocycles. The summed E-state index contributed by atoms with van der Waals surface area (Å²) in [6.07, 6.45) is 2.36. The maximum absolute atomic E-state index is 11.9. The van der Waals surface area contributed by atoms with Crippen molar-refractivity contribution in [3.8, 4) is 0 Å². The first-order chi connectivity index (χ1) is 8.54. The second-order valence-corrected chi connectivity index (χ2v) is 6.87. The average molecular weight is 269 g/mol. The second-order valence-electron chi connectivity index (χ2n) is 4.78. The van der Waals surface area contributed by atoms with Gasteiger partial charge in [-0.15, -0.1) is 0 Å². The first-order valence-electron chi connectivity index (χ1n) is 6.13. The van der Waals surface area contributed by atoms with Gasteiger partial charge < -0.3 is 5.73 Å².